The molecule has 6 heteroatoms. The molecule has 0 fully saturated rings. The van der Waals surface area contributed by atoms with Crippen molar-refractivity contribution in [1.29, 1.82) is 0 Å². The summed E-state index contributed by atoms with van der Waals surface area (Å²) in [5.41, 5.74) is 0.0452. The van der Waals surface area contributed by atoms with Crippen LogP contribution in [0.25, 0.3) is 0 Å². The van der Waals surface area contributed by atoms with Crippen LogP contribution in [-0.4, -0.2) is 23.3 Å². The van der Waals surface area contributed by atoms with E-state index in [-0.39, 0.29) is 5.56 Å². The van der Waals surface area contributed by atoms with Crippen LogP contribution in [0.5, 0.6) is 0 Å². The molecule has 2 nitrogen and oxygen atoms in total. The molecule has 82 valence electrons. The summed E-state index contributed by atoms with van der Waals surface area (Å²) in [7, 11) is 0. The van der Waals surface area contributed by atoms with Gasteiger partial charge in [0.05, 0.1) is 11.3 Å². The molecule has 0 aliphatic rings. The molecule has 0 heterocycles. The van der Waals surface area contributed by atoms with Crippen LogP contribution in [-0.2, 0) is 0 Å². The lowest BCUT2D eigenvalue weighted by molar-refractivity contribution is 0.0693. The van der Waals surface area contributed by atoms with Crippen LogP contribution in [0.15, 0.2) is 27.6 Å². The van der Waals surface area contributed by atoms with Crippen molar-refractivity contribution in [3.8, 4) is 0 Å². The van der Waals surface area contributed by atoms with Crippen molar-refractivity contribution in [1.82, 2.24) is 0 Å². The Bertz CT molecular complexity index is 371. The van der Waals surface area contributed by atoms with Crippen LogP contribution in [0.4, 0.5) is 8.78 Å². The Morgan fingerprint density at radius 3 is 2.73 bits per heavy atom. The van der Waals surface area contributed by atoms with Gasteiger partial charge in [-0.15, -0.1) is 11.8 Å². The van der Waals surface area contributed by atoms with Gasteiger partial charge < -0.3 is 5.11 Å². The van der Waals surface area contributed by atoms with E-state index in [9.17, 15) is 13.6 Å². The third kappa shape index (κ3) is 3.79. The quantitative estimate of drug-likeness (QED) is 0.864. The van der Waals surface area contributed by atoms with Crippen LogP contribution in [0.1, 0.15) is 10.4 Å². The highest BCUT2D eigenvalue weighted by molar-refractivity contribution is 9.10. The summed E-state index contributed by atoms with van der Waals surface area (Å²) in [6, 6.07) is 4.48. The van der Waals surface area contributed by atoms with Gasteiger partial charge in [-0.2, -0.15) is 0 Å². The molecule has 0 spiro atoms. The summed E-state index contributed by atoms with van der Waals surface area (Å²) < 4.78 is 24.6. The maximum absolute atomic E-state index is 12.0. The fourth-order valence-electron chi connectivity index (χ4n) is 0.945. The summed E-state index contributed by atoms with van der Waals surface area (Å²) in [6.07, 6.45) is -2.45. The number of benzene rings is 1. The Kier molecular flexibility index (Phi) is 4.53. The molecule has 0 saturated heterocycles. The van der Waals surface area contributed by atoms with Gasteiger partial charge in [-0.05, 0) is 18.2 Å². The number of carbonyl (C=O) groups is 1. The Hall–Kier alpha value is -0.620. The smallest absolute Gasteiger partial charge is 0.336 e. The minimum atomic E-state index is -2.45. The second kappa shape index (κ2) is 5.46. The number of carboxylic acid groups (broad SMARTS) is 1. The van der Waals surface area contributed by atoms with Gasteiger partial charge in [0.2, 0.25) is 6.43 Å². The molecule has 0 bridgehead atoms. The van der Waals surface area contributed by atoms with Gasteiger partial charge in [0, 0.05) is 9.37 Å². The number of carboxylic acids is 1. The lowest BCUT2D eigenvalue weighted by atomic mass is 10.2. The number of hydrogen-bond donors (Lipinski definition) is 1. The molecule has 0 saturated carbocycles. The Morgan fingerprint density at radius 1 is 1.53 bits per heavy atom. The van der Waals surface area contributed by atoms with Crippen molar-refractivity contribution in [2.75, 3.05) is 5.75 Å². The molecule has 0 aliphatic carbocycles. The molecule has 0 aliphatic heterocycles. The number of thioether (sulfide) groups is 1. The van der Waals surface area contributed by atoms with Gasteiger partial charge >= 0.3 is 5.97 Å². The monoisotopic (exact) mass is 296 g/mol. The third-order valence-corrected chi connectivity index (χ3v) is 3.10. The number of rotatable bonds is 4. The van der Waals surface area contributed by atoms with Gasteiger partial charge in [0.15, 0.2) is 0 Å². The maximum Gasteiger partial charge on any atom is 0.336 e. The number of halogens is 3. The predicted molar refractivity (Wildman–Crippen MR) is 57.8 cm³/mol. The van der Waals surface area contributed by atoms with Crippen LogP contribution in [0, 0.1) is 0 Å². The van der Waals surface area contributed by atoms with Crippen molar-refractivity contribution >= 4 is 33.7 Å². The molecule has 1 aromatic rings. The van der Waals surface area contributed by atoms with Gasteiger partial charge in [-0.1, -0.05) is 15.9 Å². The van der Waals surface area contributed by atoms with Gasteiger partial charge in [0.25, 0.3) is 0 Å². The minimum Gasteiger partial charge on any atom is -0.478 e. The summed E-state index contributed by atoms with van der Waals surface area (Å²) in [5.74, 6) is -1.52. The molecule has 0 amide bonds. The highest BCUT2D eigenvalue weighted by atomic mass is 79.9. The minimum absolute atomic E-state index is 0.0452. The van der Waals surface area contributed by atoms with Gasteiger partial charge in [-0.25, -0.2) is 13.6 Å². The SMILES string of the molecule is O=C(O)c1ccc(Br)cc1SCC(F)F. The first-order valence-electron chi connectivity index (χ1n) is 3.94. The Morgan fingerprint density at radius 2 is 2.20 bits per heavy atom. The molecule has 0 aromatic heterocycles. The zero-order chi connectivity index (χ0) is 11.4. The van der Waals surface area contributed by atoms with E-state index in [1.807, 2.05) is 0 Å². The summed E-state index contributed by atoms with van der Waals surface area (Å²) >= 11 is 4.00. The molecule has 0 radical (unpaired) electrons. The van der Waals surface area contributed by atoms with Gasteiger partial charge in [0.1, 0.15) is 0 Å². The van der Waals surface area contributed by atoms with Crippen molar-refractivity contribution < 1.29 is 18.7 Å². The molecular formula is C9H7BrF2O2S. The lowest BCUT2D eigenvalue weighted by Gasteiger charge is -2.05. The second-order valence-electron chi connectivity index (χ2n) is 2.65. The first-order valence-corrected chi connectivity index (χ1v) is 5.72. The molecule has 1 N–H and O–H groups in total. The zero-order valence-corrected chi connectivity index (χ0v) is 9.82. The largest absolute Gasteiger partial charge is 0.478 e. The molecule has 1 aromatic carbocycles. The third-order valence-electron chi connectivity index (χ3n) is 1.54. The summed E-state index contributed by atoms with van der Waals surface area (Å²) in [4.78, 5) is 11.1. The fraction of sp³-hybridized carbons (Fsp3) is 0.222. The van der Waals surface area contributed by atoms with E-state index in [4.69, 9.17) is 5.11 Å². The Balaban J connectivity index is 2.92. The van der Waals surface area contributed by atoms with Crippen LogP contribution < -0.4 is 0 Å². The molecule has 0 atom stereocenters. The average molecular weight is 297 g/mol. The second-order valence-corrected chi connectivity index (χ2v) is 4.63. The number of aromatic carboxylic acids is 1. The molecule has 1 rings (SSSR count). The van der Waals surface area contributed by atoms with Crippen molar-refractivity contribution in [2.24, 2.45) is 0 Å². The first kappa shape index (κ1) is 12.4. The highest BCUT2D eigenvalue weighted by Gasteiger charge is 2.12. The lowest BCUT2D eigenvalue weighted by Crippen LogP contribution is -2.01. The average Bonchev–Trinajstić information content (AvgIpc) is 2.14. The van der Waals surface area contributed by atoms with E-state index in [1.165, 1.54) is 12.1 Å². The van der Waals surface area contributed by atoms with E-state index in [0.717, 1.165) is 11.8 Å². The summed E-state index contributed by atoms with van der Waals surface area (Å²) in [6.45, 7) is 0. The van der Waals surface area contributed by atoms with E-state index in [0.29, 0.717) is 9.37 Å². The van der Waals surface area contributed by atoms with Crippen molar-refractivity contribution in [2.45, 2.75) is 11.3 Å². The fourth-order valence-corrected chi connectivity index (χ4v) is 2.28. The van der Waals surface area contributed by atoms with Crippen LogP contribution in [0.3, 0.4) is 0 Å². The van der Waals surface area contributed by atoms with E-state index in [1.54, 1.807) is 6.07 Å². The first-order chi connectivity index (χ1) is 7.00. The van der Waals surface area contributed by atoms with Crippen LogP contribution in [0.2, 0.25) is 0 Å². The van der Waals surface area contributed by atoms with E-state index >= 15 is 0 Å². The van der Waals surface area contributed by atoms with Crippen LogP contribution >= 0.6 is 27.7 Å². The van der Waals surface area contributed by atoms with Crippen molar-refractivity contribution in [3.05, 3.63) is 28.2 Å². The zero-order valence-electron chi connectivity index (χ0n) is 7.41. The highest BCUT2D eigenvalue weighted by Crippen LogP contribution is 2.27. The Labute approximate surface area is 97.8 Å². The number of hydrogen-bond acceptors (Lipinski definition) is 2. The molecular weight excluding hydrogens is 290 g/mol. The topological polar surface area (TPSA) is 37.3 Å². The van der Waals surface area contributed by atoms with E-state index < -0.39 is 18.1 Å². The van der Waals surface area contributed by atoms with Crippen molar-refractivity contribution in [3.63, 3.8) is 0 Å². The van der Waals surface area contributed by atoms with Gasteiger partial charge in [-0.3, -0.25) is 0 Å². The normalized spacial score (nSPS) is 10.7. The number of alkyl halides is 2. The molecule has 0 unspecified atom stereocenters. The maximum atomic E-state index is 12.0. The molecule has 15 heavy (non-hydrogen) atoms. The predicted octanol–water partition coefficient (Wildman–Crippen LogP) is 3.50. The standard InChI is InChI=1S/C9H7BrF2O2S/c10-5-1-2-6(9(13)14)7(3-5)15-4-8(11)12/h1-3,8H,4H2,(H,13,14). The summed E-state index contributed by atoms with van der Waals surface area (Å²) in [5, 5.41) is 8.81. The van der Waals surface area contributed by atoms with E-state index in [2.05, 4.69) is 15.9 Å².